The van der Waals surface area contributed by atoms with Crippen molar-refractivity contribution in [3.63, 3.8) is 0 Å². The Morgan fingerprint density at radius 1 is 1.04 bits per heavy atom. The summed E-state index contributed by atoms with van der Waals surface area (Å²) in [4.78, 5) is 28.6. The van der Waals surface area contributed by atoms with Crippen molar-refractivity contribution in [1.29, 1.82) is 0 Å². The number of benzene rings is 1. The van der Waals surface area contributed by atoms with Gasteiger partial charge in [0.25, 0.3) is 0 Å². The molecule has 1 aliphatic carbocycles. The van der Waals surface area contributed by atoms with Crippen LogP contribution >= 0.6 is 23.2 Å². The van der Waals surface area contributed by atoms with E-state index in [4.69, 9.17) is 27.9 Å². The molecule has 1 aliphatic heterocycles. The number of ether oxygens (including phenoxy) is 1. The normalized spacial score (nSPS) is 18.0. The first kappa shape index (κ1) is 20.3. The van der Waals surface area contributed by atoms with Crippen LogP contribution in [0.3, 0.4) is 0 Å². The van der Waals surface area contributed by atoms with Crippen LogP contribution in [-0.2, 0) is 9.59 Å². The molecule has 0 spiro atoms. The van der Waals surface area contributed by atoms with Gasteiger partial charge in [0.15, 0.2) is 0 Å². The van der Waals surface area contributed by atoms with Gasteiger partial charge in [-0.1, -0.05) is 36.0 Å². The second-order valence-corrected chi connectivity index (χ2v) is 8.06. The smallest absolute Gasteiger partial charge is 0.225 e. The van der Waals surface area contributed by atoms with Gasteiger partial charge < -0.3 is 14.5 Å². The van der Waals surface area contributed by atoms with Gasteiger partial charge in [0.05, 0.1) is 11.6 Å². The third kappa shape index (κ3) is 5.52. The number of halogens is 2. The number of hydrogen-bond donors (Lipinski definition) is 0. The van der Waals surface area contributed by atoms with Crippen molar-refractivity contribution in [2.24, 2.45) is 5.92 Å². The average Bonchev–Trinajstić information content (AvgIpc) is 3.21. The summed E-state index contributed by atoms with van der Waals surface area (Å²) in [6, 6.07) is 5.09. The third-order valence-electron chi connectivity index (χ3n) is 5.33. The highest BCUT2D eigenvalue weighted by Crippen LogP contribution is 2.28. The van der Waals surface area contributed by atoms with Crippen molar-refractivity contribution in [2.45, 2.75) is 38.5 Å². The van der Waals surface area contributed by atoms with Crippen molar-refractivity contribution < 1.29 is 14.3 Å². The van der Waals surface area contributed by atoms with Gasteiger partial charge in [0.1, 0.15) is 5.75 Å². The van der Waals surface area contributed by atoms with E-state index in [0.717, 1.165) is 25.7 Å². The van der Waals surface area contributed by atoms with Crippen LogP contribution in [0.2, 0.25) is 10.0 Å². The van der Waals surface area contributed by atoms with E-state index in [2.05, 4.69) is 0 Å². The monoisotopic (exact) mass is 412 g/mol. The van der Waals surface area contributed by atoms with Crippen LogP contribution in [0.25, 0.3) is 0 Å². The Labute approximate surface area is 170 Å². The minimum absolute atomic E-state index is 0.119. The third-order valence-corrected chi connectivity index (χ3v) is 5.87. The number of carbonyl (C=O) groups excluding carboxylic acids is 2. The fourth-order valence-electron chi connectivity index (χ4n) is 3.76. The maximum absolute atomic E-state index is 12.5. The number of rotatable bonds is 6. The summed E-state index contributed by atoms with van der Waals surface area (Å²) in [6.45, 7) is 2.98. The highest BCUT2D eigenvalue weighted by atomic mass is 35.5. The van der Waals surface area contributed by atoms with Gasteiger partial charge >= 0.3 is 0 Å². The lowest BCUT2D eigenvalue weighted by molar-refractivity contribution is -0.142. The molecule has 0 radical (unpaired) electrons. The van der Waals surface area contributed by atoms with Crippen molar-refractivity contribution in [1.82, 2.24) is 9.80 Å². The summed E-state index contributed by atoms with van der Waals surface area (Å²) in [5.41, 5.74) is 0. The van der Waals surface area contributed by atoms with Crippen LogP contribution in [0, 0.1) is 5.92 Å². The maximum atomic E-state index is 12.5. The predicted molar refractivity (Wildman–Crippen MR) is 106 cm³/mol. The molecule has 1 saturated heterocycles. The Balaban J connectivity index is 1.35. The quantitative estimate of drug-likeness (QED) is 0.663. The molecular formula is C20H26Cl2N2O3. The number of nitrogens with zero attached hydrogens (tertiary/aromatic N) is 2. The largest absolute Gasteiger partial charge is 0.492 e. The SMILES string of the molecule is O=C(CCCOc1ccc(Cl)cc1Cl)N1CCN(C(=O)C2CCCC2)CC1. The standard InChI is InChI=1S/C20H26Cl2N2O3/c21-16-7-8-18(17(22)14-16)27-13-3-6-19(25)23-9-11-24(12-10-23)20(26)15-4-1-2-5-15/h7-8,14-15H,1-6,9-13H2. The van der Waals surface area contributed by atoms with E-state index in [9.17, 15) is 9.59 Å². The maximum Gasteiger partial charge on any atom is 0.225 e. The van der Waals surface area contributed by atoms with Crippen LogP contribution in [-0.4, -0.2) is 54.4 Å². The summed E-state index contributed by atoms with van der Waals surface area (Å²) >= 11 is 11.9. The zero-order valence-electron chi connectivity index (χ0n) is 15.5. The molecule has 0 atom stereocenters. The van der Waals surface area contributed by atoms with E-state index >= 15 is 0 Å². The van der Waals surface area contributed by atoms with Gasteiger partial charge in [-0.05, 0) is 37.5 Å². The van der Waals surface area contributed by atoms with E-state index in [1.165, 1.54) is 0 Å². The molecular weight excluding hydrogens is 387 g/mol. The first-order valence-corrected chi connectivity index (χ1v) is 10.4. The molecule has 1 heterocycles. The van der Waals surface area contributed by atoms with E-state index in [1.54, 1.807) is 18.2 Å². The highest BCUT2D eigenvalue weighted by molar-refractivity contribution is 6.35. The van der Waals surface area contributed by atoms with Crippen LogP contribution in [0.1, 0.15) is 38.5 Å². The Morgan fingerprint density at radius 3 is 2.37 bits per heavy atom. The Morgan fingerprint density at radius 2 is 1.70 bits per heavy atom. The number of piperazine rings is 1. The molecule has 0 unspecified atom stereocenters. The minimum atomic E-state index is 0.119. The molecule has 0 bridgehead atoms. The summed E-state index contributed by atoms with van der Waals surface area (Å²) in [5, 5.41) is 1.03. The topological polar surface area (TPSA) is 49.9 Å². The molecule has 2 aliphatic rings. The Bertz CT molecular complexity index is 669. The van der Waals surface area contributed by atoms with Crippen molar-refractivity contribution in [3.05, 3.63) is 28.2 Å². The first-order chi connectivity index (χ1) is 13.0. The van der Waals surface area contributed by atoms with Crippen molar-refractivity contribution in [3.8, 4) is 5.75 Å². The second kappa shape index (κ2) is 9.65. The molecule has 1 saturated carbocycles. The highest BCUT2D eigenvalue weighted by Gasteiger charge is 2.30. The van der Waals surface area contributed by atoms with Crippen LogP contribution < -0.4 is 4.74 Å². The molecule has 3 rings (SSSR count). The molecule has 2 fully saturated rings. The fraction of sp³-hybridized carbons (Fsp3) is 0.600. The van der Waals surface area contributed by atoms with Crippen molar-refractivity contribution >= 4 is 35.0 Å². The molecule has 1 aromatic rings. The van der Waals surface area contributed by atoms with Crippen LogP contribution in [0.15, 0.2) is 18.2 Å². The molecule has 5 nitrogen and oxygen atoms in total. The first-order valence-electron chi connectivity index (χ1n) is 9.69. The lowest BCUT2D eigenvalue weighted by Crippen LogP contribution is -2.51. The number of amides is 2. The van der Waals surface area contributed by atoms with Gasteiger partial charge in [-0.25, -0.2) is 0 Å². The summed E-state index contributed by atoms with van der Waals surface area (Å²) in [6.07, 6.45) is 5.43. The molecule has 0 aromatic heterocycles. The zero-order chi connectivity index (χ0) is 19.2. The van der Waals surface area contributed by atoms with Gasteiger partial charge in [-0.2, -0.15) is 0 Å². The summed E-state index contributed by atoms with van der Waals surface area (Å²) in [5.74, 6) is 1.19. The molecule has 7 heteroatoms. The van der Waals surface area contributed by atoms with E-state index < -0.39 is 0 Å². The minimum Gasteiger partial charge on any atom is -0.492 e. The summed E-state index contributed by atoms with van der Waals surface area (Å²) in [7, 11) is 0. The lowest BCUT2D eigenvalue weighted by atomic mass is 10.1. The van der Waals surface area contributed by atoms with E-state index in [0.29, 0.717) is 61.4 Å². The Kier molecular flexibility index (Phi) is 7.25. The van der Waals surface area contributed by atoms with Crippen molar-refractivity contribution in [2.75, 3.05) is 32.8 Å². The predicted octanol–water partition coefficient (Wildman–Crippen LogP) is 4.01. The molecule has 0 N–H and O–H groups in total. The second-order valence-electron chi connectivity index (χ2n) is 7.21. The van der Waals surface area contributed by atoms with E-state index in [1.807, 2.05) is 9.80 Å². The average molecular weight is 413 g/mol. The molecule has 27 heavy (non-hydrogen) atoms. The van der Waals surface area contributed by atoms with E-state index in [-0.39, 0.29) is 17.7 Å². The zero-order valence-corrected chi connectivity index (χ0v) is 17.0. The lowest BCUT2D eigenvalue weighted by Gasteiger charge is -2.36. The van der Waals surface area contributed by atoms with Gasteiger partial charge in [-0.15, -0.1) is 0 Å². The molecule has 148 valence electrons. The van der Waals surface area contributed by atoms with Gasteiger partial charge in [-0.3, -0.25) is 9.59 Å². The van der Waals surface area contributed by atoms with Gasteiger partial charge in [0, 0.05) is 43.5 Å². The molecule has 2 amide bonds. The van der Waals surface area contributed by atoms with Crippen LogP contribution in [0.4, 0.5) is 0 Å². The van der Waals surface area contributed by atoms with Gasteiger partial charge in [0.2, 0.25) is 11.8 Å². The van der Waals surface area contributed by atoms with Crippen LogP contribution in [0.5, 0.6) is 5.75 Å². The Hall–Kier alpha value is -1.46. The fourth-order valence-corrected chi connectivity index (χ4v) is 4.23. The summed E-state index contributed by atoms with van der Waals surface area (Å²) < 4.78 is 5.62. The molecule has 1 aromatic carbocycles. The number of carbonyl (C=O) groups is 2. The number of hydrogen-bond acceptors (Lipinski definition) is 3.